The van der Waals surface area contributed by atoms with Gasteiger partial charge in [0.15, 0.2) is 0 Å². The highest BCUT2D eigenvalue weighted by molar-refractivity contribution is 5.72. The monoisotopic (exact) mass is 157 g/mol. The smallest absolute Gasteiger partial charge is 0.309 e. The van der Waals surface area contributed by atoms with E-state index in [0.29, 0.717) is 6.04 Å². The maximum absolute atomic E-state index is 10.9. The lowest BCUT2D eigenvalue weighted by Crippen LogP contribution is -2.28. The van der Waals surface area contributed by atoms with Crippen molar-refractivity contribution in [3.63, 3.8) is 0 Å². The number of ether oxygens (including phenoxy) is 1. The normalized spacial score (nSPS) is 19.5. The second kappa shape index (κ2) is 3.72. The largest absolute Gasteiger partial charge is 0.469 e. The molecule has 0 aliphatic heterocycles. The molecule has 1 saturated carbocycles. The fourth-order valence-electron chi connectivity index (χ4n) is 0.915. The van der Waals surface area contributed by atoms with Crippen molar-refractivity contribution in [1.29, 1.82) is 0 Å². The van der Waals surface area contributed by atoms with E-state index in [9.17, 15) is 4.79 Å². The van der Waals surface area contributed by atoms with Gasteiger partial charge in [-0.1, -0.05) is 6.92 Å². The molecule has 0 amide bonds. The maximum atomic E-state index is 10.9. The lowest BCUT2D eigenvalue weighted by molar-refractivity contribution is -0.144. The van der Waals surface area contributed by atoms with Gasteiger partial charge in [0, 0.05) is 12.6 Å². The molecule has 1 N–H and O–H groups in total. The van der Waals surface area contributed by atoms with Crippen LogP contribution in [0.3, 0.4) is 0 Å². The lowest BCUT2D eigenvalue weighted by atomic mass is 10.2. The summed E-state index contributed by atoms with van der Waals surface area (Å²) >= 11 is 0. The third-order valence-corrected chi connectivity index (χ3v) is 1.89. The molecule has 0 unspecified atom stereocenters. The van der Waals surface area contributed by atoms with Gasteiger partial charge in [-0.2, -0.15) is 0 Å². The van der Waals surface area contributed by atoms with Crippen molar-refractivity contribution in [3.05, 3.63) is 0 Å². The summed E-state index contributed by atoms with van der Waals surface area (Å²) < 4.78 is 4.59. The van der Waals surface area contributed by atoms with Crippen LogP contribution in [0, 0.1) is 5.92 Å². The molecule has 3 heteroatoms. The van der Waals surface area contributed by atoms with E-state index in [0.717, 1.165) is 6.54 Å². The zero-order valence-electron chi connectivity index (χ0n) is 7.09. The summed E-state index contributed by atoms with van der Waals surface area (Å²) in [5.41, 5.74) is 0. The molecule has 0 heterocycles. The first-order valence-electron chi connectivity index (χ1n) is 4.05. The Labute approximate surface area is 67.1 Å². The Morgan fingerprint density at radius 2 is 2.36 bits per heavy atom. The fraction of sp³-hybridized carbons (Fsp3) is 0.875. The van der Waals surface area contributed by atoms with E-state index in [4.69, 9.17) is 0 Å². The minimum atomic E-state index is -0.127. The molecule has 1 aliphatic rings. The van der Waals surface area contributed by atoms with Crippen LogP contribution in [0.1, 0.15) is 19.8 Å². The first-order valence-corrected chi connectivity index (χ1v) is 4.05. The van der Waals surface area contributed by atoms with E-state index >= 15 is 0 Å². The first-order chi connectivity index (χ1) is 5.24. The minimum Gasteiger partial charge on any atom is -0.469 e. The Kier molecular flexibility index (Phi) is 2.88. The molecule has 1 rings (SSSR count). The molecule has 0 spiro atoms. The summed E-state index contributed by atoms with van der Waals surface area (Å²) in [7, 11) is 1.43. The van der Waals surface area contributed by atoms with Crippen LogP contribution in [-0.2, 0) is 9.53 Å². The van der Waals surface area contributed by atoms with Gasteiger partial charge in [-0.3, -0.25) is 4.79 Å². The zero-order chi connectivity index (χ0) is 8.27. The molecule has 3 nitrogen and oxygen atoms in total. The number of nitrogens with one attached hydrogen (secondary N) is 1. The molecular formula is C8H15NO2. The van der Waals surface area contributed by atoms with Crippen molar-refractivity contribution in [2.75, 3.05) is 13.7 Å². The Bertz CT molecular complexity index is 143. The van der Waals surface area contributed by atoms with Crippen molar-refractivity contribution in [2.24, 2.45) is 5.92 Å². The maximum Gasteiger partial charge on any atom is 0.309 e. The topological polar surface area (TPSA) is 38.3 Å². The van der Waals surface area contributed by atoms with Crippen LogP contribution in [-0.4, -0.2) is 25.7 Å². The third-order valence-electron chi connectivity index (χ3n) is 1.89. The number of carbonyl (C=O) groups is 1. The van der Waals surface area contributed by atoms with Crippen LogP contribution in [0.25, 0.3) is 0 Å². The van der Waals surface area contributed by atoms with E-state index in [2.05, 4.69) is 10.1 Å². The molecule has 64 valence electrons. The summed E-state index contributed by atoms with van der Waals surface area (Å²) in [6, 6.07) is 0.669. The van der Waals surface area contributed by atoms with Crippen LogP contribution in [0.5, 0.6) is 0 Å². The average molecular weight is 157 g/mol. The van der Waals surface area contributed by atoms with Gasteiger partial charge in [0.05, 0.1) is 13.0 Å². The van der Waals surface area contributed by atoms with Crippen molar-refractivity contribution in [2.45, 2.75) is 25.8 Å². The minimum absolute atomic E-state index is 0.0133. The van der Waals surface area contributed by atoms with Gasteiger partial charge >= 0.3 is 5.97 Å². The molecule has 0 aromatic rings. The van der Waals surface area contributed by atoms with Crippen molar-refractivity contribution in [3.8, 4) is 0 Å². The third kappa shape index (κ3) is 2.89. The highest BCUT2D eigenvalue weighted by Gasteiger charge is 2.22. The van der Waals surface area contributed by atoms with Gasteiger partial charge in [0.1, 0.15) is 0 Å². The summed E-state index contributed by atoms with van der Waals surface area (Å²) in [5, 5.41) is 3.27. The number of carbonyl (C=O) groups excluding carboxylic acids is 1. The Morgan fingerprint density at radius 3 is 2.82 bits per heavy atom. The number of hydrogen-bond acceptors (Lipinski definition) is 3. The van der Waals surface area contributed by atoms with E-state index < -0.39 is 0 Å². The van der Waals surface area contributed by atoms with E-state index in [1.54, 1.807) is 0 Å². The van der Waals surface area contributed by atoms with Gasteiger partial charge < -0.3 is 10.1 Å². The molecule has 0 aromatic carbocycles. The van der Waals surface area contributed by atoms with Crippen LogP contribution in [0.2, 0.25) is 0 Å². The van der Waals surface area contributed by atoms with E-state index in [-0.39, 0.29) is 11.9 Å². The number of rotatable bonds is 4. The molecule has 1 atom stereocenters. The highest BCUT2D eigenvalue weighted by atomic mass is 16.5. The van der Waals surface area contributed by atoms with Gasteiger partial charge in [-0.25, -0.2) is 0 Å². The van der Waals surface area contributed by atoms with Crippen LogP contribution in [0.4, 0.5) is 0 Å². The van der Waals surface area contributed by atoms with Gasteiger partial charge in [-0.05, 0) is 12.8 Å². The van der Waals surface area contributed by atoms with E-state index in [1.165, 1.54) is 20.0 Å². The summed E-state index contributed by atoms with van der Waals surface area (Å²) in [6.45, 7) is 2.62. The molecule has 11 heavy (non-hydrogen) atoms. The molecule has 1 fully saturated rings. The van der Waals surface area contributed by atoms with Crippen molar-refractivity contribution >= 4 is 5.97 Å². The van der Waals surface area contributed by atoms with Gasteiger partial charge in [-0.15, -0.1) is 0 Å². The standard InChI is InChI=1S/C8H15NO2/c1-6(8(10)11-2)5-9-7-3-4-7/h6-7,9H,3-5H2,1-2H3/t6-/m0/s1. The summed E-state index contributed by atoms with van der Waals surface area (Å²) in [4.78, 5) is 10.9. The molecular weight excluding hydrogens is 142 g/mol. The summed E-state index contributed by atoms with van der Waals surface area (Å²) in [5.74, 6) is -0.140. The lowest BCUT2D eigenvalue weighted by Gasteiger charge is -2.08. The molecule has 0 bridgehead atoms. The molecule has 0 aromatic heterocycles. The fourth-order valence-corrected chi connectivity index (χ4v) is 0.915. The molecule has 0 saturated heterocycles. The summed E-state index contributed by atoms with van der Waals surface area (Å²) in [6.07, 6.45) is 2.52. The van der Waals surface area contributed by atoms with Crippen LogP contribution < -0.4 is 5.32 Å². The quantitative estimate of drug-likeness (QED) is 0.605. The van der Waals surface area contributed by atoms with Crippen molar-refractivity contribution < 1.29 is 9.53 Å². The second-order valence-electron chi connectivity index (χ2n) is 3.11. The number of hydrogen-bond donors (Lipinski definition) is 1. The first kappa shape index (κ1) is 8.53. The predicted molar refractivity (Wildman–Crippen MR) is 42.2 cm³/mol. The molecule has 0 radical (unpaired) electrons. The van der Waals surface area contributed by atoms with E-state index in [1.807, 2.05) is 6.92 Å². The Balaban J connectivity index is 2.08. The molecule has 1 aliphatic carbocycles. The SMILES string of the molecule is COC(=O)[C@@H](C)CNC1CC1. The Morgan fingerprint density at radius 1 is 1.73 bits per heavy atom. The predicted octanol–water partition coefficient (Wildman–Crippen LogP) is 0.547. The highest BCUT2D eigenvalue weighted by Crippen LogP contribution is 2.18. The van der Waals surface area contributed by atoms with Gasteiger partial charge in [0.2, 0.25) is 0 Å². The average Bonchev–Trinajstić information content (AvgIpc) is 2.81. The zero-order valence-corrected chi connectivity index (χ0v) is 7.09. The Hall–Kier alpha value is -0.570. The second-order valence-corrected chi connectivity index (χ2v) is 3.11. The van der Waals surface area contributed by atoms with Gasteiger partial charge in [0.25, 0.3) is 0 Å². The van der Waals surface area contributed by atoms with Crippen molar-refractivity contribution in [1.82, 2.24) is 5.32 Å². The number of esters is 1. The van der Waals surface area contributed by atoms with Crippen LogP contribution >= 0.6 is 0 Å². The number of methoxy groups -OCH3 is 1. The van der Waals surface area contributed by atoms with Crippen LogP contribution in [0.15, 0.2) is 0 Å².